The van der Waals surface area contributed by atoms with Crippen molar-refractivity contribution in [1.29, 1.82) is 0 Å². The molecule has 90 valence electrons. The van der Waals surface area contributed by atoms with Gasteiger partial charge in [0.15, 0.2) is 0 Å². The minimum absolute atomic E-state index is 0.737. The first-order chi connectivity index (χ1) is 7.69. The predicted octanol–water partition coefficient (Wildman–Crippen LogP) is 4.52. The molecular formula is C13H19Cl2N. The summed E-state index contributed by atoms with van der Waals surface area (Å²) >= 11 is 12.2. The van der Waals surface area contributed by atoms with Gasteiger partial charge < -0.3 is 5.32 Å². The largest absolute Gasteiger partial charge is 0.312 e. The molecule has 0 spiro atoms. The normalized spacial score (nSPS) is 11.1. The van der Waals surface area contributed by atoms with E-state index in [0.717, 1.165) is 34.6 Å². The summed E-state index contributed by atoms with van der Waals surface area (Å²) in [5, 5.41) is 4.90. The molecule has 0 heterocycles. The van der Waals surface area contributed by atoms with Crippen molar-refractivity contribution in [3.8, 4) is 0 Å². The number of benzene rings is 1. The summed E-state index contributed by atoms with van der Waals surface area (Å²) in [6, 6.07) is 5.62. The molecule has 3 heteroatoms. The van der Waals surface area contributed by atoms with Crippen LogP contribution in [0.15, 0.2) is 18.2 Å². The van der Waals surface area contributed by atoms with Crippen molar-refractivity contribution in [1.82, 2.24) is 5.32 Å². The van der Waals surface area contributed by atoms with Crippen LogP contribution < -0.4 is 5.32 Å². The molecule has 1 N–H and O–H groups in total. The zero-order valence-corrected chi connectivity index (χ0v) is 11.4. The van der Waals surface area contributed by atoms with Gasteiger partial charge in [-0.1, -0.05) is 56.0 Å². The van der Waals surface area contributed by atoms with E-state index in [2.05, 4.69) is 19.2 Å². The Bertz CT molecular complexity index is 301. The Morgan fingerprint density at radius 3 is 2.19 bits per heavy atom. The first-order valence-electron chi connectivity index (χ1n) is 5.82. The van der Waals surface area contributed by atoms with Crippen molar-refractivity contribution in [2.24, 2.45) is 5.92 Å². The lowest BCUT2D eigenvalue weighted by molar-refractivity contribution is 0.449. The third-order valence-electron chi connectivity index (χ3n) is 2.95. The van der Waals surface area contributed by atoms with Gasteiger partial charge in [0, 0.05) is 22.2 Å². The van der Waals surface area contributed by atoms with Gasteiger partial charge in [-0.15, -0.1) is 0 Å². The van der Waals surface area contributed by atoms with Crippen molar-refractivity contribution in [3.05, 3.63) is 33.8 Å². The Balaban J connectivity index is 2.48. The van der Waals surface area contributed by atoms with Crippen LogP contribution in [0.25, 0.3) is 0 Å². The van der Waals surface area contributed by atoms with E-state index in [1.807, 2.05) is 18.2 Å². The second-order valence-corrected chi connectivity index (χ2v) is 4.83. The third-order valence-corrected chi connectivity index (χ3v) is 3.66. The van der Waals surface area contributed by atoms with Gasteiger partial charge in [-0.2, -0.15) is 0 Å². The molecule has 0 saturated heterocycles. The molecule has 1 nitrogen and oxygen atoms in total. The molecule has 0 atom stereocenters. The lowest BCUT2D eigenvalue weighted by atomic mass is 10.0. The monoisotopic (exact) mass is 259 g/mol. The highest BCUT2D eigenvalue weighted by Gasteiger charge is 2.06. The molecule has 16 heavy (non-hydrogen) atoms. The molecule has 1 aromatic rings. The maximum absolute atomic E-state index is 6.09. The van der Waals surface area contributed by atoms with Crippen LogP contribution in [0.2, 0.25) is 10.0 Å². The Labute approximate surface area is 108 Å². The number of rotatable bonds is 6. The van der Waals surface area contributed by atoms with E-state index < -0.39 is 0 Å². The molecule has 0 amide bonds. The van der Waals surface area contributed by atoms with Crippen molar-refractivity contribution in [2.45, 2.75) is 33.2 Å². The fraction of sp³-hybridized carbons (Fsp3) is 0.538. The minimum Gasteiger partial charge on any atom is -0.312 e. The second-order valence-electron chi connectivity index (χ2n) is 4.01. The molecule has 0 aliphatic carbocycles. The maximum atomic E-state index is 6.09. The Kier molecular flexibility index (Phi) is 6.18. The molecule has 0 saturated carbocycles. The number of nitrogens with one attached hydrogen (secondary N) is 1. The van der Waals surface area contributed by atoms with E-state index in [1.54, 1.807) is 0 Å². The maximum Gasteiger partial charge on any atom is 0.0465 e. The highest BCUT2D eigenvalue weighted by Crippen LogP contribution is 2.23. The zero-order chi connectivity index (χ0) is 12.0. The molecule has 0 aliphatic rings. The van der Waals surface area contributed by atoms with E-state index in [-0.39, 0.29) is 0 Å². The molecule has 0 bridgehead atoms. The van der Waals surface area contributed by atoms with Gasteiger partial charge in [-0.25, -0.2) is 0 Å². The number of hydrogen-bond donors (Lipinski definition) is 1. The van der Waals surface area contributed by atoms with Crippen molar-refractivity contribution < 1.29 is 0 Å². The van der Waals surface area contributed by atoms with Gasteiger partial charge in [-0.3, -0.25) is 0 Å². The Morgan fingerprint density at radius 2 is 1.69 bits per heavy atom. The average Bonchev–Trinajstić information content (AvgIpc) is 2.28. The summed E-state index contributed by atoms with van der Waals surface area (Å²) in [4.78, 5) is 0. The molecule has 1 rings (SSSR count). The van der Waals surface area contributed by atoms with Gasteiger partial charge in [-0.05, 0) is 24.6 Å². The van der Waals surface area contributed by atoms with Crippen LogP contribution in [-0.2, 0) is 6.54 Å². The lowest BCUT2D eigenvalue weighted by Crippen LogP contribution is -2.22. The predicted molar refractivity (Wildman–Crippen MR) is 72.2 cm³/mol. The van der Waals surface area contributed by atoms with Crippen LogP contribution in [-0.4, -0.2) is 6.54 Å². The van der Waals surface area contributed by atoms with Gasteiger partial charge in [0.1, 0.15) is 0 Å². The first kappa shape index (κ1) is 13.8. The van der Waals surface area contributed by atoms with Crippen LogP contribution >= 0.6 is 23.2 Å². The van der Waals surface area contributed by atoms with E-state index in [9.17, 15) is 0 Å². The highest BCUT2D eigenvalue weighted by molar-refractivity contribution is 6.35. The zero-order valence-electron chi connectivity index (χ0n) is 9.89. The van der Waals surface area contributed by atoms with E-state index >= 15 is 0 Å². The Hall–Kier alpha value is -0.240. The molecule has 0 aliphatic heterocycles. The summed E-state index contributed by atoms with van der Waals surface area (Å²) < 4.78 is 0. The van der Waals surface area contributed by atoms with Crippen molar-refractivity contribution in [2.75, 3.05) is 6.54 Å². The summed E-state index contributed by atoms with van der Waals surface area (Å²) in [7, 11) is 0. The standard InChI is InChI=1S/C13H19Cl2N/c1-3-10(4-2)8-16-9-11-12(14)6-5-7-13(11)15/h5-7,10,16H,3-4,8-9H2,1-2H3. The van der Waals surface area contributed by atoms with Crippen molar-refractivity contribution >= 4 is 23.2 Å². The molecule has 0 fully saturated rings. The third kappa shape index (κ3) is 3.97. The smallest absolute Gasteiger partial charge is 0.0465 e. The molecular weight excluding hydrogens is 241 g/mol. The van der Waals surface area contributed by atoms with Crippen LogP contribution in [0.4, 0.5) is 0 Å². The van der Waals surface area contributed by atoms with E-state index in [0.29, 0.717) is 0 Å². The summed E-state index contributed by atoms with van der Waals surface area (Å²) in [5.41, 5.74) is 0.997. The molecule has 0 unspecified atom stereocenters. The van der Waals surface area contributed by atoms with Crippen molar-refractivity contribution in [3.63, 3.8) is 0 Å². The summed E-state index contributed by atoms with van der Waals surface area (Å²) in [6.45, 7) is 6.21. The van der Waals surface area contributed by atoms with E-state index in [4.69, 9.17) is 23.2 Å². The highest BCUT2D eigenvalue weighted by atomic mass is 35.5. The van der Waals surface area contributed by atoms with Crippen LogP contribution in [0.3, 0.4) is 0 Å². The summed E-state index contributed by atoms with van der Waals surface area (Å²) in [5.74, 6) is 0.737. The average molecular weight is 260 g/mol. The molecule has 0 aromatic heterocycles. The minimum atomic E-state index is 0.737. The first-order valence-corrected chi connectivity index (χ1v) is 6.58. The Morgan fingerprint density at radius 1 is 1.12 bits per heavy atom. The van der Waals surface area contributed by atoms with E-state index in [1.165, 1.54) is 12.8 Å². The lowest BCUT2D eigenvalue weighted by Gasteiger charge is -2.14. The fourth-order valence-corrected chi connectivity index (χ4v) is 2.21. The second kappa shape index (κ2) is 7.16. The molecule has 1 aromatic carbocycles. The quantitative estimate of drug-likeness (QED) is 0.793. The van der Waals surface area contributed by atoms with Crippen LogP contribution in [0.1, 0.15) is 32.3 Å². The number of hydrogen-bond acceptors (Lipinski definition) is 1. The van der Waals surface area contributed by atoms with Gasteiger partial charge in [0.05, 0.1) is 0 Å². The van der Waals surface area contributed by atoms with Gasteiger partial charge >= 0.3 is 0 Å². The topological polar surface area (TPSA) is 12.0 Å². The molecule has 0 radical (unpaired) electrons. The fourth-order valence-electron chi connectivity index (χ4n) is 1.68. The summed E-state index contributed by atoms with van der Waals surface area (Å²) in [6.07, 6.45) is 2.42. The van der Waals surface area contributed by atoms with Gasteiger partial charge in [0.25, 0.3) is 0 Å². The van der Waals surface area contributed by atoms with Crippen LogP contribution in [0, 0.1) is 5.92 Å². The van der Waals surface area contributed by atoms with Crippen LogP contribution in [0.5, 0.6) is 0 Å². The van der Waals surface area contributed by atoms with Gasteiger partial charge in [0.2, 0.25) is 0 Å². The number of halogens is 2. The SMILES string of the molecule is CCC(CC)CNCc1c(Cl)cccc1Cl.